The zero-order valence-corrected chi connectivity index (χ0v) is 68.3. The zero-order valence-electron chi connectivity index (χ0n) is 68.3. The minimum atomic E-state index is -3.94. The number of carboxylic acid groups (broad SMARTS) is 4. The Kier molecular flexibility index (Phi) is 37.3. The molecule has 8 aliphatic heterocycles. The van der Waals surface area contributed by atoms with Gasteiger partial charge in [-0.2, -0.15) is 0 Å². The van der Waals surface area contributed by atoms with Crippen molar-refractivity contribution in [3.05, 3.63) is 0 Å². The van der Waals surface area contributed by atoms with Crippen molar-refractivity contribution in [2.45, 2.75) is 328 Å². The van der Waals surface area contributed by atoms with Gasteiger partial charge in [0.2, 0.25) is 29.5 Å². The molecule has 8 fully saturated rings. The molecule has 0 unspecified atom stereocenters. The zero-order chi connectivity index (χ0) is 95.9. The van der Waals surface area contributed by atoms with Crippen molar-refractivity contribution in [3.63, 3.8) is 0 Å². The lowest BCUT2D eigenvalue weighted by Crippen LogP contribution is -2.73. The molecular weight excluding hydrogens is 1760 g/mol. The molecule has 8 aliphatic rings. The van der Waals surface area contributed by atoms with Crippen LogP contribution in [0.3, 0.4) is 0 Å². The number of carboxylic acids is 4. The predicted molar refractivity (Wildman–Crippen MR) is 391 cm³/mol. The van der Waals surface area contributed by atoms with Gasteiger partial charge in [-0.1, -0.05) is 0 Å². The summed E-state index contributed by atoms with van der Waals surface area (Å²) in [4.78, 5) is 120. The average Bonchev–Trinajstić information content (AvgIpc) is 0.750. The van der Waals surface area contributed by atoms with Crippen molar-refractivity contribution in [2.24, 2.45) is 0 Å². The summed E-state index contributed by atoms with van der Waals surface area (Å²) in [6.45, 7) is -7.44. The summed E-state index contributed by atoms with van der Waals surface area (Å²) in [5, 5.41) is 336. The molecular formula is C70H113N5O53. The van der Waals surface area contributed by atoms with E-state index in [2.05, 4.69) is 26.6 Å². The normalized spacial score (nSPS) is 42.5. The highest BCUT2D eigenvalue weighted by Crippen LogP contribution is 2.45. The molecule has 8 heterocycles. The maximum atomic E-state index is 14.5. The fourth-order valence-corrected chi connectivity index (χ4v) is 16.2. The van der Waals surface area contributed by atoms with Gasteiger partial charge in [0.05, 0.1) is 101 Å². The van der Waals surface area contributed by atoms with E-state index < -0.39 is 400 Å². The molecule has 0 aromatic carbocycles. The number of carbonyl (C=O) groups is 9. The van der Waals surface area contributed by atoms with Gasteiger partial charge in [-0.25, -0.2) is 19.2 Å². The fraction of sp³-hybridized carbons (Fsp3) is 0.871. The van der Waals surface area contributed by atoms with E-state index in [1.54, 1.807) is 0 Å². The Hall–Kier alpha value is -6.37. The Morgan fingerprint density at radius 3 is 1.06 bits per heavy atom. The van der Waals surface area contributed by atoms with E-state index in [1.807, 2.05) is 0 Å². The summed E-state index contributed by atoms with van der Waals surface area (Å²) in [5.74, 6) is -29.5. The van der Waals surface area contributed by atoms with Gasteiger partial charge in [0, 0.05) is 60.3 Å². The minimum Gasteiger partial charge on any atom is -0.477 e. The molecule has 128 heavy (non-hydrogen) atoms. The Morgan fingerprint density at radius 1 is 0.336 bits per heavy atom. The van der Waals surface area contributed by atoms with E-state index in [9.17, 15) is 191 Å². The van der Waals surface area contributed by atoms with Crippen molar-refractivity contribution in [1.29, 1.82) is 0 Å². The van der Waals surface area contributed by atoms with Crippen LogP contribution < -0.4 is 26.6 Å². The maximum Gasteiger partial charge on any atom is 0.364 e. The Bertz CT molecular complexity index is 3720. The number of aliphatic carboxylic acids is 4. The molecule has 0 aromatic rings. The number of hydrogen-bond donors (Lipinski definition) is 34. The van der Waals surface area contributed by atoms with E-state index in [1.165, 1.54) is 0 Å². The van der Waals surface area contributed by atoms with Crippen molar-refractivity contribution in [2.75, 3.05) is 52.9 Å². The van der Waals surface area contributed by atoms with Gasteiger partial charge in [0.15, 0.2) is 25.2 Å². The Morgan fingerprint density at radius 2 is 0.672 bits per heavy atom. The average molecular weight is 1870 g/mol. The standard InChI is InChI=1S/C70H113N5O53/c1-18(83)71-35-23(88)6-67(63(106)107,124-54(35)40(94)27(92)10-76)114-17-34-45(99)53(121-61-49(103)46(100)42(96)29(12-78)116-61)39(75-22(5)87)60(118-34)120-52-33(16-82)117-62(119-51-32(15-81)115-59(105)48(102)47(51)101)50(104)58(52)128-70(66(112)113)9-26(91)38(74-21(4)86)57(127-70)44(98)31(14-80)123-69(65(110)111)8-25(90)37(73-20(3)85)56(126-69)43(97)30(13-79)122-68(64(108)109)7-24(89)36(72-19(2)84)55(125-68)41(95)28(93)11-77/h23-62,76-82,88-105H,6-17H2,1-5H3,(H,71,83)(H,72,84)(H,73,85)(H,74,86)(H,75,87)(H,106,107)(H,108,109)(H,110,111)(H,112,113)/t23-,24-,25-,26-,27+,28+,29+,30+,31+,32+,33+,34+,35+,36+,37+,38+,39+,40+,41+,42-,43+,44+,45-,46-,47+,48+,49+,50+,51+,52-,53+,54+,55+,56+,57+,58+,59+,60-,61-,62-,67+,68+,69+,70-/m0/s1. The van der Waals surface area contributed by atoms with Crippen molar-refractivity contribution < 1.29 is 262 Å². The molecule has 8 rings (SSSR count). The highest BCUT2D eigenvalue weighted by molar-refractivity contribution is 5.79. The summed E-state index contributed by atoms with van der Waals surface area (Å²) in [6.07, 6.45) is -92.5. The van der Waals surface area contributed by atoms with E-state index >= 15 is 0 Å². The first-order valence-corrected chi connectivity index (χ1v) is 39.6. The summed E-state index contributed by atoms with van der Waals surface area (Å²) < 4.78 is 87.9. The third kappa shape index (κ3) is 23.3. The number of carbonyl (C=O) groups excluding carboxylic acids is 5. The SMILES string of the molecule is CC(=O)N[C@H]1[C@H](O[C@@H]2[C@H](O[C@]3(C(=O)O)C[C@H](O)[C@@H](NC(C)=O)[C@H]([C@H](O)[C@@H](CO)O[C@]4(C(=O)O)C[C@H](O)[C@@H](NC(C)=O)[C@H]([C@H](O)[C@@H](CO)O[C@]5(C(=O)O)C[C@H](O)[C@@H](NC(C)=O)[C@H]([C@H](O)[C@H](O)CO)O5)O4)O3)[C@@H](O)[C@H](O[C@H]3[C@H](O)[C@@H](O)[C@H](O)O[C@@H]3CO)O[C@@H]2CO)O[C@H](CO[C@]2(C(=O)O)C[C@H](O)[C@@H](NC(C)=O)[C@H]([C@H](O)[C@H](O)CO)O2)[C@H](O)[C@@H]1O[C@@H]1O[C@H](CO)[C@H](O)[C@H](O)[C@H]1O. The summed E-state index contributed by atoms with van der Waals surface area (Å²) in [5.41, 5.74) is 0. The number of aliphatic hydroxyl groups excluding tert-OH is 25. The van der Waals surface area contributed by atoms with E-state index in [4.69, 9.17) is 71.1 Å². The Balaban J connectivity index is 1.24. The topological polar surface area (TPSA) is 939 Å². The quantitative estimate of drug-likeness (QED) is 0.0272. The first-order chi connectivity index (χ1) is 59.9. The van der Waals surface area contributed by atoms with Crippen molar-refractivity contribution >= 4 is 53.4 Å². The molecule has 58 heteroatoms. The van der Waals surface area contributed by atoms with Gasteiger partial charge in [-0.05, 0) is 0 Å². The second-order valence-corrected chi connectivity index (χ2v) is 31.8. The van der Waals surface area contributed by atoms with Crippen LogP contribution in [0, 0.1) is 0 Å². The Labute approximate surface area is 721 Å². The smallest absolute Gasteiger partial charge is 0.364 e. The van der Waals surface area contributed by atoms with Crippen LogP contribution in [0.25, 0.3) is 0 Å². The fourth-order valence-electron chi connectivity index (χ4n) is 16.2. The number of ether oxygens (including phenoxy) is 15. The number of aliphatic hydroxyl groups is 25. The molecule has 0 spiro atoms. The van der Waals surface area contributed by atoms with Crippen LogP contribution in [0.15, 0.2) is 0 Å². The van der Waals surface area contributed by atoms with Crippen LogP contribution in [-0.2, 0) is 114 Å². The lowest BCUT2D eigenvalue weighted by atomic mass is 9.86. The van der Waals surface area contributed by atoms with Crippen LogP contribution in [0.1, 0.15) is 60.3 Å². The van der Waals surface area contributed by atoms with Crippen molar-refractivity contribution in [3.8, 4) is 0 Å². The van der Waals surface area contributed by atoms with E-state index in [0.29, 0.717) is 0 Å². The maximum absolute atomic E-state index is 14.5. The van der Waals surface area contributed by atoms with E-state index in [-0.39, 0.29) is 0 Å². The van der Waals surface area contributed by atoms with Crippen LogP contribution in [0.4, 0.5) is 0 Å². The lowest BCUT2D eigenvalue weighted by molar-refractivity contribution is -0.405. The highest BCUT2D eigenvalue weighted by Gasteiger charge is 2.67. The van der Waals surface area contributed by atoms with Crippen LogP contribution in [-0.4, -0.2) is 522 Å². The summed E-state index contributed by atoms with van der Waals surface area (Å²) in [6, 6.07) is -10.6. The van der Waals surface area contributed by atoms with Gasteiger partial charge in [0.25, 0.3) is 23.1 Å². The highest BCUT2D eigenvalue weighted by atomic mass is 16.8. The molecule has 0 radical (unpaired) electrons. The van der Waals surface area contributed by atoms with Crippen LogP contribution in [0.5, 0.6) is 0 Å². The number of nitrogens with one attached hydrogen (secondary N) is 5. The monoisotopic (exact) mass is 1870 g/mol. The molecule has 34 N–H and O–H groups in total. The van der Waals surface area contributed by atoms with E-state index in [0.717, 1.165) is 34.6 Å². The van der Waals surface area contributed by atoms with Gasteiger partial charge >= 0.3 is 23.9 Å². The first kappa shape index (κ1) is 107. The summed E-state index contributed by atoms with van der Waals surface area (Å²) >= 11 is 0. The van der Waals surface area contributed by atoms with Gasteiger partial charge < -0.3 is 246 Å². The molecule has 736 valence electrons. The van der Waals surface area contributed by atoms with Gasteiger partial charge in [-0.3, -0.25) is 24.0 Å². The van der Waals surface area contributed by atoms with Crippen LogP contribution >= 0.6 is 0 Å². The molecule has 0 saturated carbocycles. The lowest BCUT2D eigenvalue weighted by Gasteiger charge is -2.53. The predicted octanol–water partition coefficient (Wildman–Crippen LogP) is -20.9. The number of rotatable bonds is 39. The van der Waals surface area contributed by atoms with Crippen molar-refractivity contribution in [1.82, 2.24) is 26.6 Å². The third-order valence-corrected chi connectivity index (χ3v) is 22.6. The molecule has 5 amide bonds. The number of amides is 5. The summed E-state index contributed by atoms with van der Waals surface area (Å²) in [7, 11) is 0. The second-order valence-electron chi connectivity index (χ2n) is 31.8. The molecule has 0 aromatic heterocycles. The van der Waals surface area contributed by atoms with Gasteiger partial charge in [0.1, 0.15) is 171 Å². The third-order valence-electron chi connectivity index (χ3n) is 22.6. The minimum absolute atomic E-state index is 0.744. The second kappa shape index (κ2) is 44.7. The molecule has 0 bridgehead atoms. The molecule has 44 atom stereocenters. The van der Waals surface area contributed by atoms with Crippen LogP contribution in [0.2, 0.25) is 0 Å². The van der Waals surface area contributed by atoms with Gasteiger partial charge in [-0.15, -0.1) is 0 Å². The molecule has 8 saturated heterocycles. The largest absolute Gasteiger partial charge is 0.477 e. The molecule has 58 nitrogen and oxygen atoms in total. The number of hydrogen-bond acceptors (Lipinski definition) is 49. The first-order valence-electron chi connectivity index (χ1n) is 39.6. The molecule has 0 aliphatic carbocycles.